The van der Waals surface area contributed by atoms with E-state index in [-0.39, 0.29) is 0 Å². The Hall–Kier alpha value is -1.41. The summed E-state index contributed by atoms with van der Waals surface area (Å²) in [6.45, 7) is 0.758. The average molecular weight is 212 g/mol. The first-order chi connectivity index (χ1) is 7.84. The van der Waals surface area contributed by atoms with Gasteiger partial charge in [0.2, 0.25) is 0 Å². The van der Waals surface area contributed by atoms with Crippen molar-refractivity contribution >= 4 is 10.9 Å². The summed E-state index contributed by atoms with van der Waals surface area (Å²) in [5.74, 6) is 0. The van der Waals surface area contributed by atoms with Gasteiger partial charge < -0.3 is 5.73 Å². The van der Waals surface area contributed by atoms with Crippen LogP contribution in [0.3, 0.4) is 0 Å². The molecule has 1 saturated carbocycles. The van der Waals surface area contributed by atoms with Gasteiger partial charge >= 0.3 is 0 Å². The maximum absolute atomic E-state index is 5.68. The molecular weight excluding hydrogens is 196 g/mol. The molecule has 1 aromatic carbocycles. The van der Waals surface area contributed by atoms with Crippen LogP contribution in [0.4, 0.5) is 0 Å². The molecule has 1 aromatic heterocycles. The summed E-state index contributed by atoms with van der Waals surface area (Å²) in [6, 6.07) is 12.6. The summed E-state index contributed by atoms with van der Waals surface area (Å²) >= 11 is 0. The maximum Gasteiger partial charge on any atom is 0.0705 e. The number of para-hydroxylation sites is 1. The highest BCUT2D eigenvalue weighted by Crippen LogP contribution is 2.50. The van der Waals surface area contributed by atoms with E-state index in [0.717, 1.165) is 18.5 Å². The zero-order valence-corrected chi connectivity index (χ0v) is 9.32. The van der Waals surface area contributed by atoms with Gasteiger partial charge in [0.05, 0.1) is 5.52 Å². The predicted molar refractivity (Wildman–Crippen MR) is 66.3 cm³/mol. The van der Waals surface area contributed by atoms with Crippen molar-refractivity contribution in [2.24, 2.45) is 5.73 Å². The van der Waals surface area contributed by atoms with Crippen LogP contribution in [0, 0.1) is 0 Å². The molecule has 1 fully saturated rings. The Labute approximate surface area is 95.5 Å². The molecule has 0 radical (unpaired) electrons. The third-order valence-corrected chi connectivity index (χ3v) is 3.62. The summed E-state index contributed by atoms with van der Waals surface area (Å²) in [5.41, 5.74) is 8.31. The lowest BCUT2D eigenvalue weighted by Gasteiger charge is -2.13. The first-order valence-electron chi connectivity index (χ1n) is 5.90. The number of rotatable bonds is 3. The summed E-state index contributed by atoms with van der Waals surface area (Å²) in [4.78, 5) is 4.77. The molecular formula is C14H16N2. The smallest absolute Gasteiger partial charge is 0.0705 e. The summed E-state index contributed by atoms with van der Waals surface area (Å²) < 4.78 is 0. The molecule has 1 aliphatic rings. The second-order valence-electron chi connectivity index (χ2n) is 4.71. The van der Waals surface area contributed by atoms with Crippen molar-refractivity contribution in [3.05, 3.63) is 42.1 Å². The van der Waals surface area contributed by atoms with Gasteiger partial charge in [-0.1, -0.05) is 24.3 Å². The highest BCUT2D eigenvalue weighted by atomic mass is 14.8. The molecule has 1 heterocycles. The molecule has 0 amide bonds. The largest absolute Gasteiger partial charge is 0.330 e. The standard InChI is InChI=1S/C14H16N2/c15-10-9-14(7-8-14)13-6-5-11-3-1-2-4-12(11)16-13/h1-6H,7-10,15H2. The number of hydrogen-bond acceptors (Lipinski definition) is 2. The number of nitrogens with zero attached hydrogens (tertiary/aromatic N) is 1. The number of hydrogen-bond donors (Lipinski definition) is 1. The minimum absolute atomic E-state index is 0.304. The Morgan fingerprint density at radius 2 is 1.94 bits per heavy atom. The van der Waals surface area contributed by atoms with Gasteiger partial charge in [0.1, 0.15) is 0 Å². The first-order valence-corrected chi connectivity index (χ1v) is 5.90. The molecule has 82 valence electrons. The molecule has 16 heavy (non-hydrogen) atoms. The molecule has 3 rings (SSSR count). The number of nitrogens with two attached hydrogens (primary N) is 1. The highest BCUT2D eigenvalue weighted by Gasteiger charge is 2.44. The Kier molecular flexibility index (Phi) is 2.18. The number of fused-ring (bicyclic) bond motifs is 1. The van der Waals surface area contributed by atoms with Crippen molar-refractivity contribution < 1.29 is 0 Å². The Morgan fingerprint density at radius 1 is 1.12 bits per heavy atom. The summed E-state index contributed by atoms with van der Waals surface area (Å²) in [5, 5.41) is 1.22. The van der Waals surface area contributed by atoms with E-state index in [1.807, 2.05) is 6.07 Å². The van der Waals surface area contributed by atoms with Crippen LogP contribution in [-0.2, 0) is 5.41 Å². The van der Waals surface area contributed by atoms with Crippen LogP contribution in [0.2, 0.25) is 0 Å². The molecule has 2 aromatic rings. The van der Waals surface area contributed by atoms with Gasteiger partial charge in [-0.3, -0.25) is 4.98 Å². The molecule has 1 aliphatic carbocycles. The van der Waals surface area contributed by atoms with E-state index in [0.29, 0.717) is 5.41 Å². The zero-order valence-electron chi connectivity index (χ0n) is 9.32. The van der Waals surface area contributed by atoms with Crippen molar-refractivity contribution in [1.82, 2.24) is 4.98 Å². The van der Waals surface area contributed by atoms with Gasteiger partial charge in [-0.25, -0.2) is 0 Å². The number of benzene rings is 1. The fourth-order valence-electron chi connectivity index (χ4n) is 2.42. The molecule has 0 unspecified atom stereocenters. The lowest BCUT2D eigenvalue weighted by molar-refractivity contribution is 0.612. The average Bonchev–Trinajstić information content (AvgIpc) is 3.10. The van der Waals surface area contributed by atoms with E-state index in [9.17, 15) is 0 Å². The van der Waals surface area contributed by atoms with E-state index in [1.54, 1.807) is 0 Å². The molecule has 0 spiro atoms. The lowest BCUT2D eigenvalue weighted by Crippen LogP contribution is -2.14. The Bertz CT molecular complexity index is 515. The summed E-state index contributed by atoms with van der Waals surface area (Å²) in [7, 11) is 0. The van der Waals surface area contributed by atoms with E-state index in [2.05, 4.69) is 30.3 Å². The lowest BCUT2D eigenvalue weighted by atomic mass is 9.97. The van der Waals surface area contributed by atoms with Gasteiger partial charge in [-0.2, -0.15) is 0 Å². The minimum atomic E-state index is 0.304. The molecule has 0 atom stereocenters. The number of pyridine rings is 1. The third kappa shape index (κ3) is 1.50. The van der Waals surface area contributed by atoms with Crippen LogP contribution in [0.25, 0.3) is 10.9 Å². The second kappa shape index (κ2) is 3.56. The van der Waals surface area contributed by atoms with Crippen molar-refractivity contribution in [3.8, 4) is 0 Å². The Morgan fingerprint density at radius 3 is 2.69 bits per heavy atom. The van der Waals surface area contributed by atoms with Gasteiger partial charge in [-0.15, -0.1) is 0 Å². The molecule has 0 bridgehead atoms. The third-order valence-electron chi connectivity index (χ3n) is 3.62. The van der Waals surface area contributed by atoms with Crippen LogP contribution in [-0.4, -0.2) is 11.5 Å². The first kappa shape index (κ1) is 9.79. The molecule has 2 heteroatoms. The van der Waals surface area contributed by atoms with Crippen LogP contribution in [0.5, 0.6) is 0 Å². The van der Waals surface area contributed by atoms with Crippen LogP contribution in [0.15, 0.2) is 36.4 Å². The van der Waals surface area contributed by atoms with Gasteiger partial charge in [0, 0.05) is 16.5 Å². The zero-order chi connectivity index (χ0) is 11.0. The Balaban J connectivity index is 2.05. The van der Waals surface area contributed by atoms with E-state index >= 15 is 0 Å². The summed E-state index contributed by atoms with van der Waals surface area (Å²) in [6.07, 6.45) is 3.56. The normalized spacial score (nSPS) is 17.6. The molecule has 2 N–H and O–H groups in total. The van der Waals surface area contributed by atoms with Crippen molar-refractivity contribution in [3.63, 3.8) is 0 Å². The van der Waals surface area contributed by atoms with Gasteiger partial charge in [-0.05, 0) is 37.9 Å². The van der Waals surface area contributed by atoms with Crippen molar-refractivity contribution in [2.75, 3.05) is 6.54 Å². The van der Waals surface area contributed by atoms with Crippen LogP contribution < -0.4 is 5.73 Å². The molecule has 0 saturated heterocycles. The van der Waals surface area contributed by atoms with Gasteiger partial charge in [0.15, 0.2) is 0 Å². The van der Waals surface area contributed by atoms with E-state index in [1.165, 1.54) is 23.9 Å². The quantitative estimate of drug-likeness (QED) is 0.849. The van der Waals surface area contributed by atoms with Crippen LogP contribution in [0.1, 0.15) is 25.0 Å². The molecule has 2 nitrogen and oxygen atoms in total. The monoisotopic (exact) mass is 212 g/mol. The fourth-order valence-corrected chi connectivity index (χ4v) is 2.42. The minimum Gasteiger partial charge on any atom is -0.330 e. The fraction of sp³-hybridized carbons (Fsp3) is 0.357. The van der Waals surface area contributed by atoms with E-state index in [4.69, 9.17) is 10.7 Å². The van der Waals surface area contributed by atoms with Crippen LogP contribution >= 0.6 is 0 Å². The van der Waals surface area contributed by atoms with Crippen molar-refractivity contribution in [2.45, 2.75) is 24.7 Å². The van der Waals surface area contributed by atoms with Gasteiger partial charge in [0.25, 0.3) is 0 Å². The SMILES string of the molecule is NCCC1(c2ccc3ccccc3n2)CC1. The van der Waals surface area contributed by atoms with E-state index < -0.39 is 0 Å². The topological polar surface area (TPSA) is 38.9 Å². The highest BCUT2D eigenvalue weighted by molar-refractivity contribution is 5.78. The van der Waals surface area contributed by atoms with Crippen molar-refractivity contribution in [1.29, 1.82) is 0 Å². The maximum atomic E-state index is 5.68. The predicted octanol–water partition coefficient (Wildman–Crippen LogP) is 2.62. The number of aromatic nitrogens is 1. The molecule has 0 aliphatic heterocycles. The second-order valence-corrected chi connectivity index (χ2v) is 4.71.